The third-order valence-corrected chi connectivity index (χ3v) is 5.75. The Morgan fingerprint density at radius 1 is 0.789 bits per heavy atom. The van der Waals surface area contributed by atoms with E-state index in [0.29, 0.717) is 5.41 Å². The van der Waals surface area contributed by atoms with Crippen LogP contribution in [0.4, 0.5) is 0 Å². The Kier molecular flexibility index (Phi) is 5.34. The summed E-state index contributed by atoms with van der Waals surface area (Å²) >= 11 is 0. The van der Waals surface area contributed by atoms with Gasteiger partial charge in [-0.05, 0) is 55.8 Å². The summed E-state index contributed by atoms with van der Waals surface area (Å²) in [6.07, 6.45) is 12.9. The van der Waals surface area contributed by atoms with E-state index in [1.165, 1.54) is 57.8 Å². The Bertz CT molecular complexity index is 265. The Balaban J connectivity index is 1.82. The molecule has 0 bridgehead atoms. The van der Waals surface area contributed by atoms with Crippen molar-refractivity contribution in [3.8, 4) is 0 Å². The first kappa shape index (κ1) is 15.4. The largest absolute Gasteiger partial charge is 0.311 e. The van der Waals surface area contributed by atoms with Gasteiger partial charge in [0.05, 0.1) is 0 Å². The highest BCUT2D eigenvalue weighted by Gasteiger charge is 2.29. The molecular formula is C18H35N. The summed E-state index contributed by atoms with van der Waals surface area (Å²) in [6.45, 7) is 9.73. The average molecular weight is 265 g/mol. The molecule has 1 N–H and O–H groups in total. The molecule has 4 atom stereocenters. The summed E-state index contributed by atoms with van der Waals surface area (Å²) < 4.78 is 0. The Morgan fingerprint density at radius 3 is 2.21 bits per heavy atom. The van der Waals surface area contributed by atoms with Crippen molar-refractivity contribution in [2.24, 2.45) is 17.3 Å². The summed E-state index contributed by atoms with van der Waals surface area (Å²) in [5.41, 5.74) is 0.507. The lowest BCUT2D eigenvalue weighted by molar-refractivity contribution is 0.209. The Hall–Kier alpha value is -0.0400. The molecule has 0 saturated heterocycles. The first-order valence-corrected chi connectivity index (χ1v) is 8.73. The highest BCUT2D eigenvalue weighted by Crippen LogP contribution is 2.37. The number of rotatable bonds is 2. The summed E-state index contributed by atoms with van der Waals surface area (Å²) in [4.78, 5) is 0. The van der Waals surface area contributed by atoms with Crippen LogP contribution in [0.5, 0.6) is 0 Å². The molecule has 0 amide bonds. The molecule has 4 unspecified atom stereocenters. The molecule has 0 aliphatic heterocycles. The van der Waals surface area contributed by atoms with E-state index in [1.807, 2.05) is 0 Å². The van der Waals surface area contributed by atoms with Crippen LogP contribution in [0.25, 0.3) is 0 Å². The SMILES string of the molecule is CC1CCCCC1NC1CCCC(C(C)(C)C)CC1. The molecule has 1 nitrogen and oxygen atoms in total. The molecule has 2 rings (SSSR count). The van der Waals surface area contributed by atoms with E-state index in [-0.39, 0.29) is 0 Å². The van der Waals surface area contributed by atoms with Crippen LogP contribution in [0.15, 0.2) is 0 Å². The van der Waals surface area contributed by atoms with Crippen molar-refractivity contribution in [3.63, 3.8) is 0 Å². The van der Waals surface area contributed by atoms with Crippen LogP contribution in [0.3, 0.4) is 0 Å². The van der Waals surface area contributed by atoms with Crippen molar-refractivity contribution in [1.29, 1.82) is 0 Å². The fourth-order valence-corrected chi connectivity index (χ4v) is 4.20. The van der Waals surface area contributed by atoms with Crippen LogP contribution in [0.1, 0.15) is 85.5 Å². The molecule has 112 valence electrons. The van der Waals surface area contributed by atoms with E-state index >= 15 is 0 Å². The molecule has 0 spiro atoms. The minimum Gasteiger partial charge on any atom is -0.311 e. The van der Waals surface area contributed by atoms with Crippen molar-refractivity contribution in [3.05, 3.63) is 0 Å². The molecular weight excluding hydrogens is 230 g/mol. The van der Waals surface area contributed by atoms with Gasteiger partial charge in [0.15, 0.2) is 0 Å². The zero-order chi connectivity index (χ0) is 13.9. The summed E-state index contributed by atoms with van der Waals surface area (Å²) in [5.74, 6) is 1.83. The van der Waals surface area contributed by atoms with E-state index in [2.05, 4.69) is 33.0 Å². The van der Waals surface area contributed by atoms with Gasteiger partial charge in [-0.25, -0.2) is 0 Å². The standard InChI is InChI=1S/C18H35N/c1-14-8-5-6-11-17(14)19-16-10-7-9-15(12-13-16)18(2,3)4/h14-17,19H,5-13H2,1-4H3. The summed E-state index contributed by atoms with van der Waals surface area (Å²) in [7, 11) is 0. The predicted octanol–water partition coefficient (Wildman–Crippen LogP) is 5.15. The van der Waals surface area contributed by atoms with Gasteiger partial charge in [0, 0.05) is 12.1 Å². The molecule has 2 fully saturated rings. The molecule has 1 heteroatoms. The van der Waals surface area contributed by atoms with Crippen molar-refractivity contribution >= 4 is 0 Å². The highest BCUT2D eigenvalue weighted by molar-refractivity contribution is 4.85. The summed E-state index contributed by atoms with van der Waals surface area (Å²) in [5, 5.41) is 4.02. The van der Waals surface area contributed by atoms with Crippen molar-refractivity contribution in [2.45, 2.75) is 97.6 Å². The summed E-state index contributed by atoms with van der Waals surface area (Å²) in [6, 6.07) is 1.61. The van der Waals surface area contributed by atoms with Crippen LogP contribution in [-0.2, 0) is 0 Å². The quantitative estimate of drug-likeness (QED) is 0.681. The second-order valence-electron chi connectivity index (χ2n) is 8.30. The van der Waals surface area contributed by atoms with Crippen LogP contribution < -0.4 is 5.32 Å². The number of hydrogen-bond donors (Lipinski definition) is 1. The van der Waals surface area contributed by atoms with Gasteiger partial charge in [0.1, 0.15) is 0 Å². The maximum absolute atomic E-state index is 4.02. The fraction of sp³-hybridized carbons (Fsp3) is 1.00. The lowest BCUT2D eigenvalue weighted by Crippen LogP contribution is -2.43. The molecule has 0 aromatic rings. The monoisotopic (exact) mass is 265 g/mol. The Morgan fingerprint density at radius 2 is 1.53 bits per heavy atom. The molecule has 0 radical (unpaired) electrons. The zero-order valence-corrected chi connectivity index (χ0v) is 13.7. The molecule has 2 aliphatic rings. The van der Waals surface area contributed by atoms with Crippen LogP contribution >= 0.6 is 0 Å². The zero-order valence-electron chi connectivity index (χ0n) is 13.7. The van der Waals surface area contributed by atoms with Gasteiger partial charge in [-0.1, -0.05) is 47.0 Å². The molecule has 2 saturated carbocycles. The lowest BCUT2D eigenvalue weighted by Gasteiger charge is -2.33. The first-order chi connectivity index (χ1) is 8.97. The van der Waals surface area contributed by atoms with Crippen LogP contribution in [0.2, 0.25) is 0 Å². The number of hydrogen-bond acceptors (Lipinski definition) is 1. The molecule has 19 heavy (non-hydrogen) atoms. The normalized spacial score (nSPS) is 37.9. The maximum Gasteiger partial charge on any atom is 0.00952 e. The molecule has 0 heterocycles. The highest BCUT2D eigenvalue weighted by atomic mass is 15.0. The van der Waals surface area contributed by atoms with Gasteiger partial charge in [0.2, 0.25) is 0 Å². The number of nitrogens with one attached hydrogen (secondary N) is 1. The minimum atomic E-state index is 0.507. The van der Waals surface area contributed by atoms with Crippen LogP contribution in [-0.4, -0.2) is 12.1 Å². The third kappa shape index (κ3) is 4.48. The van der Waals surface area contributed by atoms with Gasteiger partial charge in [-0.3, -0.25) is 0 Å². The molecule has 0 aromatic heterocycles. The Labute approximate surface area is 120 Å². The lowest BCUT2D eigenvalue weighted by atomic mass is 9.76. The minimum absolute atomic E-state index is 0.507. The smallest absolute Gasteiger partial charge is 0.00952 e. The van der Waals surface area contributed by atoms with E-state index < -0.39 is 0 Å². The predicted molar refractivity (Wildman–Crippen MR) is 84.4 cm³/mol. The van der Waals surface area contributed by atoms with Gasteiger partial charge in [-0.15, -0.1) is 0 Å². The maximum atomic E-state index is 4.02. The molecule has 0 aromatic carbocycles. The first-order valence-electron chi connectivity index (χ1n) is 8.73. The second-order valence-corrected chi connectivity index (χ2v) is 8.30. The molecule has 2 aliphatic carbocycles. The van der Waals surface area contributed by atoms with E-state index in [4.69, 9.17) is 0 Å². The van der Waals surface area contributed by atoms with Gasteiger partial charge in [0.25, 0.3) is 0 Å². The van der Waals surface area contributed by atoms with Gasteiger partial charge < -0.3 is 5.32 Å². The average Bonchev–Trinajstić information content (AvgIpc) is 2.57. The topological polar surface area (TPSA) is 12.0 Å². The second kappa shape index (κ2) is 6.61. The van der Waals surface area contributed by atoms with Crippen LogP contribution in [0, 0.1) is 17.3 Å². The fourth-order valence-electron chi connectivity index (χ4n) is 4.20. The third-order valence-electron chi connectivity index (χ3n) is 5.75. The van der Waals surface area contributed by atoms with Gasteiger partial charge >= 0.3 is 0 Å². The van der Waals surface area contributed by atoms with Crippen molar-refractivity contribution in [1.82, 2.24) is 5.32 Å². The van der Waals surface area contributed by atoms with E-state index in [1.54, 1.807) is 0 Å². The van der Waals surface area contributed by atoms with Gasteiger partial charge in [-0.2, -0.15) is 0 Å². The van der Waals surface area contributed by atoms with E-state index in [0.717, 1.165) is 23.9 Å². The van der Waals surface area contributed by atoms with Crippen molar-refractivity contribution < 1.29 is 0 Å². The van der Waals surface area contributed by atoms with Crippen molar-refractivity contribution in [2.75, 3.05) is 0 Å². The van der Waals surface area contributed by atoms with E-state index in [9.17, 15) is 0 Å².